The molecule has 0 saturated carbocycles. The van der Waals surface area contributed by atoms with Gasteiger partial charge >= 0.3 is 0 Å². The minimum absolute atomic E-state index is 0.247. The molecule has 4 heteroatoms. The molecular weight excluding hydrogens is 291 g/mol. The highest BCUT2D eigenvalue weighted by Crippen LogP contribution is 2.31. The molecule has 0 aliphatic rings. The molecule has 0 aliphatic heterocycles. The van der Waals surface area contributed by atoms with Gasteiger partial charge in [-0.25, -0.2) is 0 Å². The predicted molar refractivity (Wildman–Crippen MR) is 85.9 cm³/mol. The SMILES string of the molecule is CCc1cc(CC(CCl)(CCl)c2ccccc2)n(C)n1. The standard InChI is InChI=1S/C16H20Cl2N2/c1-3-14-9-15(20(2)19-14)10-16(11-17,12-18)13-7-5-4-6-8-13/h4-9H,3,10-12H2,1-2H3. The fourth-order valence-corrected chi connectivity index (χ4v) is 3.22. The minimum atomic E-state index is -0.247. The number of benzene rings is 1. The normalized spacial score (nSPS) is 11.8. The third kappa shape index (κ3) is 3.02. The van der Waals surface area contributed by atoms with Crippen LogP contribution in [0.5, 0.6) is 0 Å². The molecule has 0 radical (unpaired) electrons. The number of aromatic nitrogens is 2. The summed E-state index contributed by atoms with van der Waals surface area (Å²) >= 11 is 12.6. The van der Waals surface area contributed by atoms with Gasteiger partial charge in [-0.2, -0.15) is 5.10 Å². The van der Waals surface area contributed by atoms with E-state index in [-0.39, 0.29) is 5.41 Å². The molecule has 0 unspecified atom stereocenters. The van der Waals surface area contributed by atoms with Crippen molar-refractivity contribution in [3.8, 4) is 0 Å². The molecule has 0 N–H and O–H groups in total. The summed E-state index contributed by atoms with van der Waals surface area (Å²) < 4.78 is 1.94. The van der Waals surface area contributed by atoms with Crippen molar-refractivity contribution in [1.29, 1.82) is 0 Å². The molecule has 0 aliphatic carbocycles. The Morgan fingerprint density at radius 3 is 2.30 bits per heavy atom. The second-order valence-electron chi connectivity index (χ2n) is 5.19. The maximum Gasteiger partial charge on any atom is 0.0624 e. The lowest BCUT2D eigenvalue weighted by Crippen LogP contribution is -2.34. The first-order valence-electron chi connectivity index (χ1n) is 6.84. The monoisotopic (exact) mass is 310 g/mol. The van der Waals surface area contributed by atoms with Crippen molar-refractivity contribution in [2.24, 2.45) is 7.05 Å². The Bertz CT molecular complexity index is 545. The number of hydrogen-bond acceptors (Lipinski definition) is 1. The summed E-state index contributed by atoms with van der Waals surface area (Å²) in [5.74, 6) is 0.986. The predicted octanol–water partition coefficient (Wildman–Crippen LogP) is 3.94. The summed E-state index contributed by atoms with van der Waals surface area (Å²) in [6.45, 7) is 2.11. The summed E-state index contributed by atoms with van der Waals surface area (Å²) in [6, 6.07) is 12.4. The van der Waals surface area contributed by atoms with Crippen molar-refractivity contribution in [3.63, 3.8) is 0 Å². The van der Waals surface area contributed by atoms with Gasteiger partial charge in [0.1, 0.15) is 0 Å². The van der Waals surface area contributed by atoms with Gasteiger partial charge in [-0.1, -0.05) is 37.3 Å². The zero-order valence-electron chi connectivity index (χ0n) is 11.9. The van der Waals surface area contributed by atoms with Crippen LogP contribution in [-0.2, 0) is 25.3 Å². The Morgan fingerprint density at radius 1 is 1.15 bits per heavy atom. The van der Waals surface area contributed by atoms with E-state index in [1.54, 1.807) is 0 Å². The number of nitrogens with zero attached hydrogens (tertiary/aromatic N) is 2. The highest BCUT2D eigenvalue weighted by atomic mass is 35.5. The molecule has 108 valence electrons. The average molecular weight is 311 g/mol. The van der Waals surface area contributed by atoms with Crippen LogP contribution >= 0.6 is 23.2 Å². The Kier molecular flexibility index (Phi) is 5.11. The largest absolute Gasteiger partial charge is 0.272 e. The highest BCUT2D eigenvalue weighted by Gasteiger charge is 2.32. The van der Waals surface area contributed by atoms with Crippen LogP contribution < -0.4 is 0 Å². The molecule has 1 aromatic heterocycles. The van der Waals surface area contributed by atoms with Crippen LogP contribution in [-0.4, -0.2) is 21.5 Å². The van der Waals surface area contributed by atoms with E-state index in [2.05, 4.69) is 30.2 Å². The molecule has 20 heavy (non-hydrogen) atoms. The number of halogens is 2. The second-order valence-corrected chi connectivity index (χ2v) is 5.73. The van der Waals surface area contributed by atoms with E-state index >= 15 is 0 Å². The van der Waals surface area contributed by atoms with Crippen molar-refractivity contribution in [2.45, 2.75) is 25.2 Å². The summed E-state index contributed by atoms with van der Waals surface area (Å²) in [6.07, 6.45) is 1.74. The smallest absolute Gasteiger partial charge is 0.0624 e. The molecule has 0 bridgehead atoms. The van der Waals surface area contributed by atoms with E-state index in [1.165, 1.54) is 11.3 Å². The molecule has 1 heterocycles. The summed E-state index contributed by atoms with van der Waals surface area (Å²) in [4.78, 5) is 0. The van der Waals surface area contributed by atoms with Crippen LogP contribution in [0.4, 0.5) is 0 Å². The van der Waals surface area contributed by atoms with Gasteiger partial charge in [0.05, 0.1) is 5.69 Å². The molecule has 1 aromatic carbocycles. The first kappa shape index (κ1) is 15.4. The topological polar surface area (TPSA) is 17.8 Å². The van der Waals surface area contributed by atoms with Crippen LogP contribution in [0, 0.1) is 0 Å². The lowest BCUT2D eigenvalue weighted by Gasteiger charge is -2.30. The Morgan fingerprint density at radius 2 is 1.80 bits per heavy atom. The molecular formula is C16H20Cl2N2. The van der Waals surface area contributed by atoms with Crippen molar-refractivity contribution in [1.82, 2.24) is 9.78 Å². The van der Waals surface area contributed by atoms with Gasteiger partial charge in [-0.15, -0.1) is 23.2 Å². The summed E-state index contributed by atoms with van der Waals surface area (Å²) in [7, 11) is 1.98. The highest BCUT2D eigenvalue weighted by molar-refractivity contribution is 6.22. The molecule has 0 atom stereocenters. The third-order valence-electron chi connectivity index (χ3n) is 3.81. The fourth-order valence-electron chi connectivity index (χ4n) is 2.43. The maximum absolute atomic E-state index is 6.29. The zero-order chi connectivity index (χ0) is 14.6. The van der Waals surface area contributed by atoms with Crippen molar-refractivity contribution >= 4 is 23.2 Å². The summed E-state index contributed by atoms with van der Waals surface area (Å²) in [5, 5.41) is 4.51. The first-order valence-corrected chi connectivity index (χ1v) is 7.91. The molecule has 0 saturated heterocycles. The lowest BCUT2D eigenvalue weighted by molar-refractivity contribution is 0.511. The van der Waals surface area contributed by atoms with E-state index in [0.29, 0.717) is 11.8 Å². The number of rotatable bonds is 6. The van der Waals surface area contributed by atoms with Gasteiger partial charge in [0.15, 0.2) is 0 Å². The van der Waals surface area contributed by atoms with E-state index in [9.17, 15) is 0 Å². The van der Waals surface area contributed by atoms with E-state index in [0.717, 1.165) is 18.5 Å². The number of hydrogen-bond donors (Lipinski definition) is 0. The average Bonchev–Trinajstić information content (AvgIpc) is 2.86. The van der Waals surface area contributed by atoms with Crippen LogP contribution in [0.2, 0.25) is 0 Å². The van der Waals surface area contributed by atoms with Crippen LogP contribution in [0.25, 0.3) is 0 Å². The summed E-state index contributed by atoms with van der Waals surface area (Å²) in [5.41, 5.74) is 3.22. The van der Waals surface area contributed by atoms with Crippen molar-refractivity contribution < 1.29 is 0 Å². The number of alkyl halides is 2. The maximum atomic E-state index is 6.29. The minimum Gasteiger partial charge on any atom is -0.272 e. The second kappa shape index (κ2) is 6.64. The first-order chi connectivity index (χ1) is 9.65. The van der Waals surface area contributed by atoms with Crippen molar-refractivity contribution in [2.75, 3.05) is 11.8 Å². The van der Waals surface area contributed by atoms with Gasteiger partial charge < -0.3 is 0 Å². The van der Waals surface area contributed by atoms with Crippen LogP contribution in [0.1, 0.15) is 23.9 Å². The van der Waals surface area contributed by atoms with Gasteiger partial charge in [0.2, 0.25) is 0 Å². The molecule has 0 spiro atoms. The number of aryl methyl sites for hydroxylation is 2. The molecule has 2 rings (SSSR count). The van der Waals surface area contributed by atoms with Gasteiger partial charge in [-0.3, -0.25) is 4.68 Å². The van der Waals surface area contributed by atoms with Crippen molar-refractivity contribution in [3.05, 3.63) is 53.3 Å². The molecule has 0 fully saturated rings. The van der Waals surface area contributed by atoms with Gasteiger partial charge in [0.25, 0.3) is 0 Å². The van der Waals surface area contributed by atoms with E-state index in [4.69, 9.17) is 23.2 Å². The Hall–Kier alpha value is -0.990. The van der Waals surface area contributed by atoms with Crippen LogP contribution in [0.15, 0.2) is 36.4 Å². The molecule has 2 nitrogen and oxygen atoms in total. The lowest BCUT2D eigenvalue weighted by atomic mass is 9.80. The Labute approximate surface area is 130 Å². The quantitative estimate of drug-likeness (QED) is 0.739. The van der Waals surface area contributed by atoms with Gasteiger partial charge in [0, 0.05) is 36.3 Å². The molecule has 0 amide bonds. The van der Waals surface area contributed by atoms with Gasteiger partial charge in [-0.05, 0) is 18.1 Å². The third-order valence-corrected chi connectivity index (χ3v) is 4.83. The fraction of sp³-hybridized carbons (Fsp3) is 0.438. The van der Waals surface area contributed by atoms with Crippen LogP contribution in [0.3, 0.4) is 0 Å². The van der Waals surface area contributed by atoms with E-state index < -0.39 is 0 Å². The Balaban J connectivity index is 2.36. The van der Waals surface area contributed by atoms with E-state index in [1.807, 2.05) is 29.9 Å². The molecule has 2 aromatic rings. The zero-order valence-corrected chi connectivity index (χ0v) is 13.5.